The monoisotopic (exact) mass is 552 g/mol. The molecule has 0 spiro atoms. The van der Waals surface area contributed by atoms with E-state index in [0.29, 0.717) is 53.9 Å². The summed E-state index contributed by atoms with van der Waals surface area (Å²) < 4.78 is 17.0. The Bertz CT molecular complexity index is 1310. The first-order chi connectivity index (χ1) is 19.3. The third kappa shape index (κ3) is 6.17. The number of anilines is 1. The summed E-state index contributed by atoms with van der Waals surface area (Å²) in [6, 6.07) is 6.92. The first-order valence-electron chi connectivity index (χ1n) is 13.8. The van der Waals surface area contributed by atoms with Gasteiger partial charge in [0.1, 0.15) is 0 Å². The van der Waals surface area contributed by atoms with E-state index in [1.54, 1.807) is 33.5 Å². The number of hydrogen-bond donors (Lipinski definition) is 3. The van der Waals surface area contributed by atoms with Crippen LogP contribution in [0, 0.1) is 0 Å². The van der Waals surface area contributed by atoms with Gasteiger partial charge >= 0.3 is 0 Å². The highest BCUT2D eigenvalue weighted by Crippen LogP contribution is 2.50. The minimum absolute atomic E-state index is 0.0250. The zero-order chi connectivity index (χ0) is 28.8. The highest BCUT2D eigenvalue weighted by molar-refractivity contribution is 5.84. The number of fused-ring (bicyclic) bond motifs is 3. The Balaban J connectivity index is 1.68. The van der Waals surface area contributed by atoms with Crippen LogP contribution in [0.15, 0.2) is 29.1 Å². The van der Waals surface area contributed by atoms with Crippen LogP contribution < -0.4 is 35.6 Å². The summed E-state index contributed by atoms with van der Waals surface area (Å²) in [7, 11) is 4.68. The number of ether oxygens (including phenoxy) is 3. The summed E-state index contributed by atoms with van der Waals surface area (Å²) in [5.41, 5.74) is 3.15. The molecule has 1 saturated heterocycles. The maximum absolute atomic E-state index is 13.4. The number of likely N-dealkylation sites (N-methyl/N-ethyl adjacent to an activating group) is 1. The van der Waals surface area contributed by atoms with Crippen LogP contribution in [0.2, 0.25) is 0 Å². The number of nitrogens with zero attached hydrogens (tertiary/aromatic N) is 1. The second-order valence-corrected chi connectivity index (χ2v) is 10.2. The van der Waals surface area contributed by atoms with Crippen molar-refractivity contribution < 1.29 is 23.8 Å². The molecule has 1 aliphatic heterocycles. The summed E-state index contributed by atoms with van der Waals surface area (Å²) in [5.74, 6) is 1.11. The van der Waals surface area contributed by atoms with E-state index in [1.807, 2.05) is 12.1 Å². The molecule has 0 bridgehead atoms. The normalized spacial score (nSPS) is 18.1. The number of amides is 2. The van der Waals surface area contributed by atoms with Crippen LogP contribution in [0.4, 0.5) is 5.69 Å². The first-order valence-corrected chi connectivity index (χ1v) is 13.8. The van der Waals surface area contributed by atoms with Gasteiger partial charge in [-0.25, -0.2) is 0 Å². The molecule has 4 rings (SSSR count). The van der Waals surface area contributed by atoms with Gasteiger partial charge in [0, 0.05) is 25.1 Å². The number of likely N-dealkylation sites (tertiary alicyclic amines) is 1. The largest absolute Gasteiger partial charge is 0.493 e. The quantitative estimate of drug-likeness (QED) is 0.412. The average molecular weight is 553 g/mol. The third-order valence-corrected chi connectivity index (χ3v) is 7.80. The predicted octanol–water partition coefficient (Wildman–Crippen LogP) is 2.88. The Morgan fingerprint density at radius 1 is 1.05 bits per heavy atom. The number of carbonyl (C=O) groups excluding carboxylic acids is 2. The molecule has 1 heterocycles. The van der Waals surface area contributed by atoms with Gasteiger partial charge in [-0.15, -0.1) is 0 Å². The van der Waals surface area contributed by atoms with Crippen molar-refractivity contribution in [3.63, 3.8) is 0 Å². The molecule has 1 fully saturated rings. The van der Waals surface area contributed by atoms with E-state index in [-0.39, 0.29) is 23.8 Å². The van der Waals surface area contributed by atoms with Gasteiger partial charge in [-0.1, -0.05) is 13.0 Å². The fourth-order valence-corrected chi connectivity index (χ4v) is 5.87. The van der Waals surface area contributed by atoms with Gasteiger partial charge in [-0.2, -0.15) is 0 Å². The smallest absolute Gasteiger partial charge is 0.239 e. The lowest BCUT2D eigenvalue weighted by atomic mass is 9.95. The fourth-order valence-electron chi connectivity index (χ4n) is 5.87. The van der Waals surface area contributed by atoms with E-state index < -0.39 is 6.04 Å². The van der Waals surface area contributed by atoms with Crippen molar-refractivity contribution >= 4 is 17.5 Å². The van der Waals surface area contributed by atoms with Crippen LogP contribution in [0.25, 0.3) is 11.1 Å². The number of carbonyl (C=O) groups is 2. The number of aryl methyl sites for hydroxylation is 1. The van der Waals surface area contributed by atoms with E-state index >= 15 is 0 Å². The lowest BCUT2D eigenvalue weighted by Gasteiger charge is -2.22. The lowest BCUT2D eigenvalue weighted by Crippen LogP contribution is -2.41. The topological polar surface area (TPSA) is 118 Å². The maximum atomic E-state index is 13.4. The molecule has 40 heavy (non-hydrogen) atoms. The molecule has 3 N–H and O–H groups in total. The molecule has 2 atom stereocenters. The summed E-state index contributed by atoms with van der Waals surface area (Å²) in [6.07, 6.45) is 3.40. The van der Waals surface area contributed by atoms with Crippen molar-refractivity contribution in [2.45, 2.75) is 51.6 Å². The average Bonchev–Trinajstić information content (AvgIpc) is 3.28. The molecular weight excluding hydrogens is 512 g/mol. The Hall–Kier alpha value is -3.79. The summed E-state index contributed by atoms with van der Waals surface area (Å²) in [4.78, 5) is 40.5. The van der Waals surface area contributed by atoms with E-state index in [4.69, 9.17) is 14.2 Å². The molecule has 1 unspecified atom stereocenters. The highest BCUT2D eigenvalue weighted by Gasteiger charge is 2.29. The van der Waals surface area contributed by atoms with Crippen LogP contribution in [0.5, 0.6) is 17.2 Å². The number of nitrogens with one attached hydrogen (secondary N) is 3. The van der Waals surface area contributed by atoms with E-state index in [9.17, 15) is 14.4 Å². The molecule has 0 aromatic heterocycles. The predicted molar refractivity (Wildman–Crippen MR) is 154 cm³/mol. The van der Waals surface area contributed by atoms with E-state index in [0.717, 1.165) is 42.6 Å². The maximum Gasteiger partial charge on any atom is 0.239 e. The number of rotatable bonds is 10. The van der Waals surface area contributed by atoms with Crippen molar-refractivity contribution in [3.8, 4) is 28.4 Å². The standard InChI is InChI=1S/C30H40N4O6/c1-6-34-13-7-8-20(34)16-32-27(37)17-31-24-12-10-21-22(15-25(24)36)23(33-18(2)35)11-9-19-14-26(38-3)29(39-4)30(40-5)28(19)21/h10,12,14-15,20,23H,6-9,11,13,16-17H2,1-5H3,(H,31,36)(H,32,37)(H,33,35)/t20?,23-/m0/s1. The second kappa shape index (κ2) is 13.0. The molecule has 216 valence electrons. The summed E-state index contributed by atoms with van der Waals surface area (Å²) in [6.45, 7) is 6.19. The van der Waals surface area contributed by atoms with Gasteiger partial charge in [0.25, 0.3) is 0 Å². The van der Waals surface area contributed by atoms with Crippen LogP contribution >= 0.6 is 0 Å². The molecular formula is C30H40N4O6. The zero-order valence-corrected chi connectivity index (χ0v) is 24.0. The zero-order valence-electron chi connectivity index (χ0n) is 24.0. The highest BCUT2D eigenvalue weighted by atomic mass is 16.5. The van der Waals surface area contributed by atoms with Crippen LogP contribution in [0.3, 0.4) is 0 Å². The van der Waals surface area contributed by atoms with Gasteiger partial charge in [0.05, 0.1) is 39.6 Å². The summed E-state index contributed by atoms with van der Waals surface area (Å²) in [5, 5.41) is 9.01. The minimum Gasteiger partial charge on any atom is -0.493 e. The van der Waals surface area contributed by atoms with Gasteiger partial charge in [-0.05, 0) is 73.7 Å². The molecule has 1 aliphatic carbocycles. The Morgan fingerprint density at radius 3 is 2.50 bits per heavy atom. The second-order valence-electron chi connectivity index (χ2n) is 10.2. The Morgan fingerprint density at radius 2 is 1.82 bits per heavy atom. The van der Waals surface area contributed by atoms with Crippen LogP contribution in [-0.2, 0) is 16.0 Å². The van der Waals surface area contributed by atoms with Gasteiger partial charge < -0.3 is 30.2 Å². The van der Waals surface area contributed by atoms with E-state index in [2.05, 4.69) is 27.8 Å². The van der Waals surface area contributed by atoms with Crippen molar-refractivity contribution in [2.75, 3.05) is 52.8 Å². The third-order valence-electron chi connectivity index (χ3n) is 7.80. The van der Waals surface area contributed by atoms with Gasteiger partial charge in [0.15, 0.2) is 11.5 Å². The molecule has 2 aromatic rings. The molecule has 2 amide bonds. The SMILES string of the molecule is CCN1CCCC1CNC(=O)CNc1ccc2c(cc1=O)[C@@H](NC(C)=O)CCc1cc(OC)c(OC)c(OC)c1-2. The number of hydrogen-bond acceptors (Lipinski definition) is 8. The fraction of sp³-hybridized carbons (Fsp3) is 0.500. The number of benzene rings is 1. The van der Waals surface area contributed by atoms with Crippen molar-refractivity contribution in [3.05, 3.63) is 45.6 Å². The van der Waals surface area contributed by atoms with Crippen LogP contribution in [-0.4, -0.2) is 70.3 Å². The van der Waals surface area contributed by atoms with Gasteiger partial charge in [0.2, 0.25) is 23.0 Å². The molecule has 10 nitrogen and oxygen atoms in total. The van der Waals surface area contributed by atoms with Crippen molar-refractivity contribution in [1.29, 1.82) is 0 Å². The molecule has 10 heteroatoms. The number of methoxy groups -OCH3 is 3. The Kier molecular flexibility index (Phi) is 9.52. The molecule has 0 saturated carbocycles. The van der Waals surface area contributed by atoms with Crippen molar-refractivity contribution in [1.82, 2.24) is 15.5 Å². The first kappa shape index (κ1) is 29.2. The van der Waals surface area contributed by atoms with Crippen LogP contribution in [0.1, 0.15) is 50.3 Å². The summed E-state index contributed by atoms with van der Waals surface area (Å²) >= 11 is 0. The molecule has 2 aromatic carbocycles. The minimum atomic E-state index is -0.397. The lowest BCUT2D eigenvalue weighted by molar-refractivity contribution is -0.120. The van der Waals surface area contributed by atoms with E-state index in [1.165, 1.54) is 6.92 Å². The van der Waals surface area contributed by atoms with Crippen molar-refractivity contribution in [2.24, 2.45) is 0 Å². The molecule has 0 radical (unpaired) electrons. The van der Waals surface area contributed by atoms with Gasteiger partial charge in [-0.3, -0.25) is 19.3 Å². The molecule has 2 aliphatic rings. The Labute approximate surface area is 235 Å².